The molecule has 4 nitrogen and oxygen atoms in total. The van der Waals surface area contributed by atoms with Crippen LogP contribution in [0.3, 0.4) is 0 Å². The summed E-state index contributed by atoms with van der Waals surface area (Å²) in [5.74, 6) is 1.97. The van der Waals surface area contributed by atoms with Crippen LogP contribution in [0.15, 0.2) is 204 Å². The quantitative estimate of drug-likeness (QED) is 0.165. The smallest absolute Gasteiger partial charge is 0.164 e. The normalized spacial score (nSPS) is 11.6. The van der Waals surface area contributed by atoms with Gasteiger partial charge in [-0.15, -0.1) is 0 Å². The van der Waals surface area contributed by atoms with Gasteiger partial charge in [0.15, 0.2) is 17.5 Å². The van der Waals surface area contributed by atoms with Crippen LogP contribution >= 0.6 is 11.8 Å². The molecule has 1 aliphatic heterocycles. The van der Waals surface area contributed by atoms with Crippen molar-refractivity contribution >= 4 is 39.6 Å². The van der Waals surface area contributed by atoms with Crippen LogP contribution in [0.2, 0.25) is 0 Å². The number of para-hydroxylation sites is 2. The van der Waals surface area contributed by atoms with Gasteiger partial charge in [-0.05, 0) is 70.6 Å². The second-order valence-electron chi connectivity index (χ2n) is 13.2. The summed E-state index contributed by atoms with van der Waals surface area (Å²) in [4.78, 5) is 19.9. The van der Waals surface area contributed by atoms with Gasteiger partial charge in [0.05, 0.1) is 0 Å². The minimum atomic E-state index is 0.656. The van der Waals surface area contributed by atoms with E-state index in [0.717, 1.165) is 39.3 Å². The monoisotopic (exact) mass is 708 g/mol. The summed E-state index contributed by atoms with van der Waals surface area (Å²) >= 11 is 1.81. The SMILES string of the molecule is c1ccc(-c2nc(-c3ccccc3)nc(-c3cccc4c3-c3cccc5c(-c6ccc(N(c7ccccc7)c7ccccc7)cc6)ccc(c35)S4)n2)cc1. The first kappa shape index (κ1) is 31.9. The third-order valence-corrected chi connectivity index (χ3v) is 11.0. The molecule has 0 radical (unpaired) electrons. The van der Waals surface area contributed by atoms with E-state index < -0.39 is 0 Å². The summed E-state index contributed by atoms with van der Waals surface area (Å²) in [5, 5.41) is 2.47. The zero-order chi connectivity index (χ0) is 35.8. The zero-order valence-corrected chi connectivity index (χ0v) is 30.0. The molecule has 0 saturated heterocycles. The van der Waals surface area contributed by atoms with Crippen molar-refractivity contribution in [1.82, 2.24) is 15.0 Å². The molecule has 0 saturated carbocycles. The minimum Gasteiger partial charge on any atom is -0.311 e. The summed E-state index contributed by atoms with van der Waals surface area (Å²) in [5.41, 5.74) is 11.0. The molecular formula is C49H32N4S. The van der Waals surface area contributed by atoms with Gasteiger partial charge in [0.2, 0.25) is 0 Å². The molecule has 5 heteroatoms. The van der Waals surface area contributed by atoms with Crippen molar-refractivity contribution in [2.45, 2.75) is 9.79 Å². The number of fused-ring (bicyclic) bond motifs is 2. The van der Waals surface area contributed by atoms with Crippen molar-refractivity contribution in [2.75, 3.05) is 4.90 Å². The molecule has 0 N–H and O–H groups in total. The zero-order valence-electron chi connectivity index (χ0n) is 29.2. The van der Waals surface area contributed by atoms with E-state index in [1.54, 1.807) is 0 Å². The number of nitrogens with zero attached hydrogens (tertiary/aromatic N) is 4. The number of hydrogen-bond acceptors (Lipinski definition) is 5. The summed E-state index contributed by atoms with van der Waals surface area (Å²) < 4.78 is 0. The molecule has 2 heterocycles. The maximum absolute atomic E-state index is 5.12. The summed E-state index contributed by atoms with van der Waals surface area (Å²) in [6.45, 7) is 0. The van der Waals surface area contributed by atoms with Crippen molar-refractivity contribution in [2.24, 2.45) is 0 Å². The first-order valence-corrected chi connectivity index (χ1v) is 18.9. The van der Waals surface area contributed by atoms with Crippen LogP contribution in [0.4, 0.5) is 17.1 Å². The molecule has 0 bridgehead atoms. The molecule has 0 atom stereocenters. The molecule has 54 heavy (non-hydrogen) atoms. The van der Waals surface area contributed by atoms with Crippen LogP contribution in [0, 0.1) is 0 Å². The van der Waals surface area contributed by atoms with E-state index in [2.05, 4.69) is 163 Å². The van der Waals surface area contributed by atoms with Gasteiger partial charge in [-0.3, -0.25) is 0 Å². The molecular weight excluding hydrogens is 677 g/mol. The van der Waals surface area contributed by atoms with Gasteiger partial charge >= 0.3 is 0 Å². The van der Waals surface area contributed by atoms with Crippen LogP contribution in [-0.2, 0) is 0 Å². The van der Waals surface area contributed by atoms with Crippen LogP contribution < -0.4 is 4.90 Å². The predicted octanol–water partition coefficient (Wildman–Crippen LogP) is 13.3. The van der Waals surface area contributed by atoms with E-state index in [1.165, 1.54) is 37.3 Å². The summed E-state index contributed by atoms with van der Waals surface area (Å²) in [6.07, 6.45) is 0. The molecule has 10 rings (SSSR count). The Kier molecular flexibility index (Phi) is 8.04. The van der Waals surface area contributed by atoms with Crippen LogP contribution in [0.1, 0.15) is 0 Å². The van der Waals surface area contributed by atoms with Gasteiger partial charge in [0, 0.05) is 54.5 Å². The molecule has 9 aromatic rings. The van der Waals surface area contributed by atoms with Gasteiger partial charge in [0.25, 0.3) is 0 Å². The number of aromatic nitrogens is 3. The standard InChI is InChI=1S/C49H32N4S/c1-5-15-34(16-6-1)47-50-48(35-17-7-2-8-18-35)52-49(51-47)42-25-14-26-43-46(42)41-24-13-23-40-39(31-32-44(54-43)45(40)41)33-27-29-38(30-28-33)53(36-19-9-3-10-20-36)37-21-11-4-12-22-37/h1-32H. The van der Waals surface area contributed by atoms with Gasteiger partial charge in [-0.25, -0.2) is 15.0 Å². The fourth-order valence-electron chi connectivity index (χ4n) is 7.44. The predicted molar refractivity (Wildman–Crippen MR) is 223 cm³/mol. The number of hydrogen-bond donors (Lipinski definition) is 0. The molecule has 1 aromatic heterocycles. The Morgan fingerprint density at radius 1 is 0.333 bits per heavy atom. The fourth-order valence-corrected chi connectivity index (χ4v) is 8.60. The Hall–Kier alpha value is -6.82. The first-order chi connectivity index (χ1) is 26.8. The van der Waals surface area contributed by atoms with Crippen molar-refractivity contribution in [3.8, 4) is 56.4 Å². The molecule has 0 aliphatic carbocycles. The lowest BCUT2D eigenvalue weighted by Gasteiger charge is -2.26. The Balaban J connectivity index is 1.10. The van der Waals surface area contributed by atoms with Gasteiger partial charge in [-0.1, -0.05) is 157 Å². The van der Waals surface area contributed by atoms with Crippen molar-refractivity contribution in [1.29, 1.82) is 0 Å². The molecule has 0 spiro atoms. The number of anilines is 3. The van der Waals surface area contributed by atoms with Crippen molar-refractivity contribution < 1.29 is 0 Å². The Morgan fingerprint density at radius 3 is 1.46 bits per heavy atom. The van der Waals surface area contributed by atoms with Gasteiger partial charge in [0.1, 0.15) is 0 Å². The second-order valence-corrected chi connectivity index (χ2v) is 14.3. The summed E-state index contributed by atoms with van der Waals surface area (Å²) in [6, 6.07) is 68.0. The van der Waals surface area contributed by atoms with E-state index >= 15 is 0 Å². The lowest BCUT2D eigenvalue weighted by atomic mass is 9.90. The largest absolute Gasteiger partial charge is 0.311 e. The van der Waals surface area contributed by atoms with Crippen LogP contribution in [0.5, 0.6) is 0 Å². The van der Waals surface area contributed by atoms with E-state index in [1.807, 2.05) is 48.2 Å². The Bertz CT molecular complexity index is 2680. The summed E-state index contributed by atoms with van der Waals surface area (Å²) in [7, 11) is 0. The van der Waals surface area contributed by atoms with E-state index in [0.29, 0.717) is 17.5 Å². The molecule has 0 unspecified atom stereocenters. The average Bonchev–Trinajstić information content (AvgIpc) is 3.25. The molecule has 0 fully saturated rings. The topological polar surface area (TPSA) is 41.9 Å². The van der Waals surface area contributed by atoms with Gasteiger partial charge < -0.3 is 4.90 Å². The minimum absolute atomic E-state index is 0.656. The van der Waals surface area contributed by atoms with Crippen molar-refractivity contribution in [3.05, 3.63) is 194 Å². The van der Waals surface area contributed by atoms with Crippen LogP contribution in [-0.4, -0.2) is 15.0 Å². The van der Waals surface area contributed by atoms with Crippen LogP contribution in [0.25, 0.3) is 67.2 Å². The average molecular weight is 709 g/mol. The second kappa shape index (κ2) is 13.6. The highest BCUT2D eigenvalue weighted by molar-refractivity contribution is 7.99. The lowest BCUT2D eigenvalue weighted by molar-refractivity contribution is 1.07. The maximum atomic E-state index is 5.12. The van der Waals surface area contributed by atoms with E-state index in [-0.39, 0.29) is 0 Å². The third kappa shape index (κ3) is 5.72. The van der Waals surface area contributed by atoms with E-state index in [4.69, 9.17) is 15.0 Å². The molecule has 0 amide bonds. The molecule has 254 valence electrons. The lowest BCUT2D eigenvalue weighted by Crippen LogP contribution is -2.09. The number of rotatable bonds is 7. The Morgan fingerprint density at radius 2 is 0.852 bits per heavy atom. The maximum Gasteiger partial charge on any atom is 0.164 e. The molecule has 1 aliphatic rings. The highest BCUT2D eigenvalue weighted by Gasteiger charge is 2.25. The highest BCUT2D eigenvalue weighted by atomic mass is 32.2. The molecule has 8 aromatic carbocycles. The van der Waals surface area contributed by atoms with Gasteiger partial charge in [-0.2, -0.15) is 0 Å². The fraction of sp³-hybridized carbons (Fsp3) is 0. The third-order valence-electron chi connectivity index (χ3n) is 9.92. The first-order valence-electron chi connectivity index (χ1n) is 18.0. The van der Waals surface area contributed by atoms with Crippen molar-refractivity contribution in [3.63, 3.8) is 0 Å². The number of benzene rings is 8. The van der Waals surface area contributed by atoms with E-state index in [9.17, 15) is 0 Å². The highest BCUT2D eigenvalue weighted by Crippen LogP contribution is 2.52. The Labute approximate surface area is 318 Å².